The molecule has 0 bridgehead atoms. The third-order valence-electron chi connectivity index (χ3n) is 2.99. The second kappa shape index (κ2) is 4.94. The lowest BCUT2D eigenvalue weighted by Gasteiger charge is -2.31. The van der Waals surface area contributed by atoms with E-state index in [9.17, 15) is 0 Å². The summed E-state index contributed by atoms with van der Waals surface area (Å²) in [6.07, 6.45) is 5.04. The molecule has 2 fully saturated rings. The van der Waals surface area contributed by atoms with E-state index in [1.165, 1.54) is 32.2 Å². The Kier molecular flexibility index (Phi) is 3.58. The van der Waals surface area contributed by atoms with Crippen molar-refractivity contribution in [3.8, 4) is 0 Å². The Labute approximate surface area is 80.2 Å². The Balaban J connectivity index is 1.69. The van der Waals surface area contributed by atoms with E-state index >= 15 is 0 Å². The fourth-order valence-electron chi connectivity index (χ4n) is 2.19. The van der Waals surface area contributed by atoms with E-state index in [1.807, 2.05) is 0 Å². The first-order valence-corrected chi connectivity index (χ1v) is 5.49. The van der Waals surface area contributed by atoms with Gasteiger partial charge < -0.3 is 15.4 Å². The minimum atomic E-state index is 0.705. The predicted octanol–water partition coefficient (Wildman–Crippen LogP) is 0.507. The van der Waals surface area contributed by atoms with Gasteiger partial charge in [0.2, 0.25) is 0 Å². The summed E-state index contributed by atoms with van der Waals surface area (Å²) >= 11 is 0. The first kappa shape index (κ1) is 9.44. The lowest BCUT2D eigenvalue weighted by Crippen LogP contribution is -2.48. The van der Waals surface area contributed by atoms with Crippen LogP contribution in [0.4, 0.5) is 0 Å². The standard InChI is InChI=1S/C10H20N2O/c1-2-10(8-11-5-1)12-9-3-6-13-7-4-9/h9-12H,1-8H2. The van der Waals surface area contributed by atoms with Gasteiger partial charge in [-0.05, 0) is 32.2 Å². The fourth-order valence-corrected chi connectivity index (χ4v) is 2.19. The van der Waals surface area contributed by atoms with Crippen molar-refractivity contribution >= 4 is 0 Å². The minimum absolute atomic E-state index is 0.705. The highest BCUT2D eigenvalue weighted by Crippen LogP contribution is 2.10. The first-order chi connectivity index (χ1) is 6.45. The molecule has 2 aliphatic rings. The molecule has 2 heterocycles. The summed E-state index contributed by atoms with van der Waals surface area (Å²) in [5.74, 6) is 0. The maximum absolute atomic E-state index is 5.33. The molecule has 0 aliphatic carbocycles. The van der Waals surface area contributed by atoms with Crippen LogP contribution < -0.4 is 10.6 Å². The van der Waals surface area contributed by atoms with Crippen LogP contribution in [0.25, 0.3) is 0 Å². The number of piperidine rings is 1. The number of rotatable bonds is 2. The Hall–Kier alpha value is -0.120. The highest BCUT2D eigenvalue weighted by Gasteiger charge is 2.19. The van der Waals surface area contributed by atoms with E-state index in [1.54, 1.807) is 0 Å². The quantitative estimate of drug-likeness (QED) is 0.656. The van der Waals surface area contributed by atoms with E-state index < -0.39 is 0 Å². The zero-order chi connectivity index (χ0) is 8.93. The lowest BCUT2D eigenvalue weighted by atomic mass is 10.0. The Bertz CT molecular complexity index is 124. The largest absolute Gasteiger partial charge is 0.381 e. The van der Waals surface area contributed by atoms with Crippen molar-refractivity contribution in [2.75, 3.05) is 26.3 Å². The van der Waals surface area contributed by atoms with Gasteiger partial charge in [0.15, 0.2) is 0 Å². The average molecular weight is 184 g/mol. The summed E-state index contributed by atoms with van der Waals surface area (Å²) < 4.78 is 5.33. The van der Waals surface area contributed by atoms with Crippen molar-refractivity contribution in [2.45, 2.75) is 37.8 Å². The third kappa shape index (κ3) is 2.93. The second-order valence-corrected chi connectivity index (χ2v) is 4.10. The monoisotopic (exact) mass is 184 g/mol. The van der Waals surface area contributed by atoms with E-state index in [-0.39, 0.29) is 0 Å². The molecule has 0 amide bonds. The molecule has 2 saturated heterocycles. The molecular formula is C10H20N2O. The van der Waals surface area contributed by atoms with Gasteiger partial charge in [0.1, 0.15) is 0 Å². The van der Waals surface area contributed by atoms with Crippen LogP contribution in [0.5, 0.6) is 0 Å². The van der Waals surface area contributed by atoms with Crippen molar-refractivity contribution in [3.63, 3.8) is 0 Å². The second-order valence-electron chi connectivity index (χ2n) is 4.10. The molecule has 0 radical (unpaired) electrons. The molecule has 0 spiro atoms. The number of ether oxygens (including phenoxy) is 1. The van der Waals surface area contributed by atoms with E-state index in [0.29, 0.717) is 12.1 Å². The maximum atomic E-state index is 5.33. The van der Waals surface area contributed by atoms with Crippen LogP contribution in [-0.4, -0.2) is 38.4 Å². The van der Waals surface area contributed by atoms with Crippen molar-refractivity contribution in [2.24, 2.45) is 0 Å². The highest BCUT2D eigenvalue weighted by atomic mass is 16.5. The summed E-state index contributed by atoms with van der Waals surface area (Å²) in [7, 11) is 0. The normalized spacial score (nSPS) is 31.8. The van der Waals surface area contributed by atoms with Gasteiger partial charge in [0.25, 0.3) is 0 Å². The summed E-state index contributed by atoms with van der Waals surface area (Å²) in [6.45, 7) is 4.24. The van der Waals surface area contributed by atoms with E-state index in [2.05, 4.69) is 10.6 Å². The molecule has 0 aromatic carbocycles. The van der Waals surface area contributed by atoms with Crippen LogP contribution in [0, 0.1) is 0 Å². The summed E-state index contributed by atoms with van der Waals surface area (Å²) in [4.78, 5) is 0. The van der Waals surface area contributed by atoms with Crippen molar-refractivity contribution in [1.29, 1.82) is 0 Å². The minimum Gasteiger partial charge on any atom is -0.381 e. The number of nitrogens with one attached hydrogen (secondary N) is 2. The first-order valence-electron chi connectivity index (χ1n) is 5.49. The molecule has 13 heavy (non-hydrogen) atoms. The Morgan fingerprint density at radius 1 is 1.08 bits per heavy atom. The van der Waals surface area contributed by atoms with Gasteiger partial charge in [-0.1, -0.05) is 0 Å². The molecule has 2 N–H and O–H groups in total. The van der Waals surface area contributed by atoms with Gasteiger partial charge in [-0.25, -0.2) is 0 Å². The highest BCUT2D eigenvalue weighted by molar-refractivity contribution is 4.80. The third-order valence-corrected chi connectivity index (χ3v) is 2.99. The van der Waals surface area contributed by atoms with Crippen LogP contribution in [0.3, 0.4) is 0 Å². The van der Waals surface area contributed by atoms with Gasteiger partial charge >= 0.3 is 0 Å². The molecule has 0 saturated carbocycles. The maximum Gasteiger partial charge on any atom is 0.0480 e. The molecule has 3 heteroatoms. The van der Waals surface area contributed by atoms with Crippen molar-refractivity contribution in [1.82, 2.24) is 10.6 Å². The molecule has 0 aromatic rings. The zero-order valence-corrected chi connectivity index (χ0v) is 8.22. The van der Waals surface area contributed by atoms with Gasteiger partial charge in [-0.2, -0.15) is 0 Å². The summed E-state index contributed by atoms with van der Waals surface area (Å²) in [5.41, 5.74) is 0. The molecule has 1 unspecified atom stereocenters. The van der Waals surface area contributed by atoms with Gasteiger partial charge in [0, 0.05) is 31.8 Å². The van der Waals surface area contributed by atoms with Crippen LogP contribution in [-0.2, 0) is 4.74 Å². The topological polar surface area (TPSA) is 33.3 Å². The van der Waals surface area contributed by atoms with Crippen molar-refractivity contribution in [3.05, 3.63) is 0 Å². The van der Waals surface area contributed by atoms with E-state index in [4.69, 9.17) is 4.74 Å². The van der Waals surface area contributed by atoms with Crippen molar-refractivity contribution < 1.29 is 4.74 Å². The zero-order valence-electron chi connectivity index (χ0n) is 8.22. The number of hydrogen-bond donors (Lipinski definition) is 2. The molecule has 3 nitrogen and oxygen atoms in total. The molecule has 2 rings (SSSR count). The lowest BCUT2D eigenvalue weighted by molar-refractivity contribution is 0.0738. The van der Waals surface area contributed by atoms with Crippen LogP contribution in [0.2, 0.25) is 0 Å². The fraction of sp³-hybridized carbons (Fsp3) is 1.00. The predicted molar refractivity (Wildman–Crippen MR) is 52.9 cm³/mol. The van der Waals surface area contributed by atoms with Crippen LogP contribution in [0.15, 0.2) is 0 Å². The molecule has 76 valence electrons. The van der Waals surface area contributed by atoms with Crippen LogP contribution >= 0.6 is 0 Å². The van der Waals surface area contributed by atoms with Gasteiger partial charge in [-0.3, -0.25) is 0 Å². The smallest absolute Gasteiger partial charge is 0.0480 e. The number of hydrogen-bond acceptors (Lipinski definition) is 3. The molecule has 1 atom stereocenters. The Morgan fingerprint density at radius 2 is 1.92 bits per heavy atom. The van der Waals surface area contributed by atoms with Crippen LogP contribution in [0.1, 0.15) is 25.7 Å². The molecule has 0 aromatic heterocycles. The Morgan fingerprint density at radius 3 is 2.62 bits per heavy atom. The SMILES string of the molecule is C1CNCC(NC2CCOCC2)C1. The average Bonchev–Trinajstić information content (AvgIpc) is 2.21. The van der Waals surface area contributed by atoms with Gasteiger partial charge in [0.05, 0.1) is 0 Å². The molecule has 2 aliphatic heterocycles. The summed E-state index contributed by atoms with van der Waals surface area (Å²) in [5, 5.41) is 7.15. The van der Waals surface area contributed by atoms with E-state index in [0.717, 1.165) is 19.8 Å². The van der Waals surface area contributed by atoms with Gasteiger partial charge in [-0.15, -0.1) is 0 Å². The molecular weight excluding hydrogens is 164 g/mol. The summed E-state index contributed by atoms with van der Waals surface area (Å²) in [6, 6.07) is 1.41.